The number of hydrogen-bond acceptors (Lipinski definition) is 2. The van der Waals surface area contributed by atoms with Crippen LogP contribution in [-0.4, -0.2) is 28.2 Å². The number of fused-ring (bicyclic) bond motifs is 1. The average Bonchev–Trinajstić information content (AvgIpc) is 2.83. The highest BCUT2D eigenvalue weighted by Gasteiger charge is 2.24. The molecule has 3 rings (SSSR count). The summed E-state index contributed by atoms with van der Waals surface area (Å²) in [5, 5.41) is 1.06. The lowest BCUT2D eigenvalue weighted by atomic mass is 10.1. The van der Waals surface area contributed by atoms with Gasteiger partial charge < -0.3 is 4.98 Å². The van der Waals surface area contributed by atoms with Crippen molar-refractivity contribution in [1.29, 1.82) is 0 Å². The Kier molecular flexibility index (Phi) is 3.07. The molecule has 2 amide bonds. The molecule has 4 nitrogen and oxygen atoms in total. The van der Waals surface area contributed by atoms with Crippen molar-refractivity contribution in [2.45, 2.75) is 25.7 Å². The summed E-state index contributed by atoms with van der Waals surface area (Å²) >= 11 is 0. The molecule has 0 saturated carbocycles. The van der Waals surface area contributed by atoms with Crippen LogP contribution >= 0.6 is 0 Å². The van der Waals surface area contributed by atoms with Crippen LogP contribution in [0.25, 0.3) is 10.9 Å². The molecule has 1 fully saturated rings. The van der Waals surface area contributed by atoms with Crippen molar-refractivity contribution < 1.29 is 9.59 Å². The van der Waals surface area contributed by atoms with E-state index >= 15 is 0 Å². The van der Waals surface area contributed by atoms with E-state index in [1.54, 1.807) is 0 Å². The summed E-state index contributed by atoms with van der Waals surface area (Å²) in [6.07, 6.45) is 4.47. The predicted octanol–water partition coefficient (Wildman–Crippen LogP) is 2.25. The predicted molar refractivity (Wildman–Crippen MR) is 72.6 cm³/mol. The maximum Gasteiger partial charge on any atom is 0.233 e. The van der Waals surface area contributed by atoms with Crippen LogP contribution in [0.4, 0.5) is 0 Å². The Bertz CT molecular complexity index is 630. The molecule has 4 heteroatoms. The van der Waals surface area contributed by atoms with Gasteiger partial charge in [0.25, 0.3) is 0 Å². The SMILES string of the molecule is O=C1CCCCN1C(=O)Cc1c[nH]c2ccccc12. The number of aromatic nitrogens is 1. The number of carbonyl (C=O) groups is 2. The molecular formula is C15H16N2O2. The molecule has 1 N–H and O–H groups in total. The van der Waals surface area contributed by atoms with Gasteiger partial charge in [0.05, 0.1) is 6.42 Å². The smallest absolute Gasteiger partial charge is 0.233 e. The van der Waals surface area contributed by atoms with Crippen molar-refractivity contribution in [1.82, 2.24) is 9.88 Å². The van der Waals surface area contributed by atoms with Gasteiger partial charge in [-0.25, -0.2) is 0 Å². The Morgan fingerprint density at radius 3 is 2.95 bits per heavy atom. The summed E-state index contributed by atoms with van der Waals surface area (Å²) in [5.74, 6) is -0.120. The van der Waals surface area contributed by atoms with Gasteiger partial charge in [0.15, 0.2) is 0 Å². The van der Waals surface area contributed by atoms with Gasteiger partial charge in [-0.15, -0.1) is 0 Å². The molecule has 0 bridgehead atoms. The minimum absolute atomic E-state index is 0.0314. The Balaban J connectivity index is 1.81. The topological polar surface area (TPSA) is 53.2 Å². The zero-order valence-corrected chi connectivity index (χ0v) is 10.7. The maximum atomic E-state index is 12.2. The fraction of sp³-hybridized carbons (Fsp3) is 0.333. The lowest BCUT2D eigenvalue weighted by Gasteiger charge is -2.24. The van der Waals surface area contributed by atoms with Gasteiger partial charge in [0, 0.05) is 30.1 Å². The first-order valence-electron chi connectivity index (χ1n) is 6.64. The Morgan fingerprint density at radius 2 is 2.11 bits per heavy atom. The highest BCUT2D eigenvalue weighted by atomic mass is 16.2. The number of nitrogens with one attached hydrogen (secondary N) is 1. The van der Waals surface area contributed by atoms with E-state index in [9.17, 15) is 9.59 Å². The second-order valence-corrected chi connectivity index (χ2v) is 4.93. The quantitative estimate of drug-likeness (QED) is 0.896. The van der Waals surface area contributed by atoms with E-state index in [0.29, 0.717) is 13.0 Å². The van der Waals surface area contributed by atoms with Crippen molar-refractivity contribution in [2.24, 2.45) is 0 Å². The molecule has 19 heavy (non-hydrogen) atoms. The molecule has 2 heterocycles. The number of H-pyrrole nitrogens is 1. The number of rotatable bonds is 2. The Morgan fingerprint density at radius 1 is 1.26 bits per heavy atom. The third-order valence-corrected chi connectivity index (χ3v) is 3.64. The summed E-state index contributed by atoms with van der Waals surface area (Å²) in [6, 6.07) is 7.89. The fourth-order valence-corrected chi connectivity index (χ4v) is 2.61. The van der Waals surface area contributed by atoms with Gasteiger partial charge in [0.1, 0.15) is 0 Å². The average molecular weight is 256 g/mol. The molecule has 98 valence electrons. The monoisotopic (exact) mass is 256 g/mol. The van der Waals surface area contributed by atoms with Crippen LogP contribution in [0.15, 0.2) is 30.5 Å². The number of nitrogens with zero attached hydrogens (tertiary/aromatic N) is 1. The molecule has 1 aliphatic heterocycles. The van der Waals surface area contributed by atoms with Crippen LogP contribution < -0.4 is 0 Å². The normalized spacial score (nSPS) is 16.0. The van der Waals surface area contributed by atoms with E-state index in [1.807, 2.05) is 30.5 Å². The summed E-state index contributed by atoms with van der Waals surface area (Å²) in [4.78, 5) is 28.5. The van der Waals surface area contributed by atoms with Gasteiger partial charge >= 0.3 is 0 Å². The van der Waals surface area contributed by atoms with Crippen LogP contribution in [0.3, 0.4) is 0 Å². The molecule has 0 atom stereocenters. The molecule has 0 unspecified atom stereocenters. The first kappa shape index (κ1) is 12.0. The van der Waals surface area contributed by atoms with Crippen LogP contribution in [-0.2, 0) is 16.0 Å². The first-order valence-corrected chi connectivity index (χ1v) is 6.64. The van der Waals surface area contributed by atoms with Crippen molar-refractivity contribution in [3.8, 4) is 0 Å². The van der Waals surface area contributed by atoms with E-state index in [0.717, 1.165) is 29.3 Å². The van der Waals surface area contributed by atoms with Gasteiger partial charge in [-0.1, -0.05) is 18.2 Å². The fourth-order valence-electron chi connectivity index (χ4n) is 2.61. The Hall–Kier alpha value is -2.10. The molecular weight excluding hydrogens is 240 g/mol. The molecule has 0 radical (unpaired) electrons. The lowest BCUT2D eigenvalue weighted by Crippen LogP contribution is -2.41. The number of para-hydroxylation sites is 1. The van der Waals surface area contributed by atoms with Crippen LogP contribution in [0.5, 0.6) is 0 Å². The molecule has 1 saturated heterocycles. The highest BCUT2D eigenvalue weighted by Crippen LogP contribution is 2.20. The molecule has 0 spiro atoms. The number of piperidine rings is 1. The van der Waals surface area contributed by atoms with E-state index in [-0.39, 0.29) is 18.2 Å². The minimum Gasteiger partial charge on any atom is -0.361 e. The summed E-state index contributed by atoms with van der Waals surface area (Å²) in [7, 11) is 0. The molecule has 1 aromatic heterocycles. The summed E-state index contributed by atoms with van der Waals surface area (Å²) < 4.78 is 0. The third kappa shape index (κ3) is 2.26. The molecule has 1 aliphatic rings. The van der Waals surface area contributed by atoms with Crippen LogP contribution in [0.1, 0.15) is 24.8 Å². The zero-order chi connectivity index (χ0) is 13.2. The second kappa shape index (κ2) is 4.88. The van der Waals surface area contributed by atoms with Crippen LogP contribution in [0, 0.1) is 0 Å². The first-order chi connectivity index (χ1) is 9.25. The summed E-state index contributed by atoms with van der Waals surface area (Å²) in [5.41, 5.74) is 1.98. The van der Waals surface area contributed by atoms with Crippen LogP contribution in [0.2, 0.25) is 0 Å². The highest BCUT2D eigenvalue weighted by molar-refractivity contribution is 5.98. The number of carbonyl (C=O) groups excluding carboxylic acids is 2. The van der Waals surface area contributed by atoms with Crippen molar-refractivity contribution >= 4 is 22.7 Å². The summed E-state index contributed by atoms with van der Waals surface area (Å²) in [6.45, 7) is 0.569. The lowest BCUT2D eigenvalue weighted by molar-refractivity contribution is -0.146. The third-order valence-electron chi connectivity index (χ3n) is 3.64. The van der Waals surface area contributed by atoms with Gasteiger partial charge in [-0.2, -0.15) is 0 Å². The van der Waals surface area contributed by atoms with Gasteiger partial charge in [0.2, 0.25) is 11.8 Å². The number of benzene rings is 1. The van der Waals surface area contributed by atoms with E-state index in [2.05, 4.69) is 4.98 Å². The van der Waals surface area contributed by atoms with Crippen molar-refractivity contribution in [3.63, 3.8) is 0 Å². The van der Waals surface area contributed by atoms with Gasteiger partial charge in [-0.05, 0) is 24.5 Å². The standard InChI is InChI=1S/C15H16N2O2/c18-14-7-3-4-8-17(14)15(19)9-11-10-16-13-6-2-1-5-12(11)13/h1-2,5-6,10,16H,3-4,7-9H2. The molecule has 0 aliphatic carbocycles. The van der Waals surface area contributed by atoms with Gasteiger partial charge in [-0.3, -0.25) is 14.5 Å². The van der Waals surface area contributed by atoms with E-state index in [1.165, 1.54) is 4.90 Å². The largest absolute Gasteiger partial charge is 0.361 e. The number of hydrogen-bond donors (Lipinski definition) is 1. The number of amides is 2. The Labute approximate surface area is 111 Å². The van der Waals surface area contributed by atoms with E-state index in [4.69, 9.17) is 0 Å². The zero-order valence-electron chi connectivity index (χ0n) is 10.7. The number of aromatic amines is 1. The number of imide groups is 1. The van der Waals surface area contributed by atoms with E-state index < -0.39 is 0 Å². The molecule has 1 aromatic carbocycles. The maximum absolute atomic E-state index is 12.2. The van der Waals surface area contributed by atoms with Crippen molar-refractivity contribution in [2.75, 3.05) is 6.54 Å². The molecule has 2 aromatic rings. The minimum atomic E-state index is -0.0885. The van der Waals surface area contributed by atoms with Crippen molar-refractivity contribution in [3.05, 3.63) is 36.0 Å². The second-order valence-electron chi connectivity index (χ2n) is 4.93. The number of likely N-dealkylation sites (tertiary alicyclic amines) is 1.